The first-order valence-corrected chi connectivity index (χ1v) is 6.15. The Morgan fingerprint density at radius 3 is 2.67 bits per heavy atom. The first-order valence-electron chi connectivity index (χ1n) is 5.27. The second-order valence-electron chi connectivity index (χ2n) is 3.77. The number of nitrogen functional groups attached to an aromatic ring is 1. The number of aryl methyl sites for hydroxylation is 2. The highest BCUT2D eigenvalue weighted by Crippen LogP contribution is 2.16. The van der Waals surface area contributed by atoms with Crippen LogP contribution in [0.15, 0.2) is 17.5 Å². The maximum Gasteiger partial charge on any atom is 0.257 e. The number of rotatable bonds is 3. The van der Waals surface area contributed by atoms with E-state index in [1.54, 1.807) is 19.1 Å². The minimum atomic E-state index is -0.230. The third-order valence-corrected chi connectivity index (χ3v) is 3.08. The van der Waals surface area contributed by atoms with E-state index in [1.165, 1.54) is 11.3 Å². The molecule has 0 atom stereocenters. The van der Waals surface area contributed by atoms with Crippen LogP contribution >= 0.6 is 11.3 Å². The van der Waals surface area contributed by atoms with Crippen molar-refractivity contribution in [2.75, 3.05) is 10.7 Å². The second kappa shape index (κ2) is 5.11. The van der Waals surface area contributed by atoms with E-state index in [2.05, 4.69) is 20.7 Å². The van der Waals surface area contributed by atoms with Crippen LogP contribution in [0.1, 0.15) is 21.7 Å². The third kappa shape index (κ3) is 2.82. The van der Waals surface area contributed by atoms with Crippen molar-refractivity contribution in [3.05, 3.63) is 34.5 Å². The fourth-order valence-corrected chi connectivity index (χ4v) is 2.14. The third-order valence-electron chi connectivity index (χ3n) is 2.20. The lowest BCUT2D eigenvalue weighted by atomic mass is 10.2. The van der Waals surface area contributed by atoms with E-state index < -0.39 is 0 Å². The molecule has 94 valence electrons. The molecule has 7 heteroatoms. The number of thiazole rings is 1. The monoisotopic (exact) mass is 263 g/mol. The van der Waals surface area contributed by atoms with E-state index in [4.69, 9.17) is 5.84 Å². The molecule has 6 nitrogen and oxygen atoms in total. The lowest BCUT2D eigenvalue weighted by Crippen LogP contribution is -2.15. The highest BCUT2D eigenvalue weighted by atomic mass is 32.1. The number of carbonyl (C=O) groups excluding carboxylic acids is 1. The number of hydrazine groups is 1. The highest BCUT2D eigenvalue weighted by Gasteiger charge is 2.10. The Kier molecular flexibility index (Phi) is 3.54. The van der Waals surface area contributed by atoms with Gasteiger partial charge in [0, 0.05) is 16.6 Å². The van der Waals surface area contributed by atoms with Crippen molar-refractivity contribution in [3.8, 4) is 0 Å². The summed E-state index contributed by atoms with van der Waals surface area (Å²) in [5.74, 6) is 5.51. The largest absolute Gasteiger partial charge is 0.308 e. The number of amides is 1. The molecule has 2 aromatic heterocycles. The number of carbonyl (C=O) groups is 1. The molecule has 0 aliphatic rings. The Balaban J connectivity index is 2.20. The van der Waals surface area contributed by atoms with E-state index in [1.807, 2.05) is 12.3 Å². The van der Waals surface area contributed by atoms with Crippen LogP contribution in [0.4, 0.5) is 10.9 Å². The number of anilines is 2. The Morgan fingerprint density at radius 1 is 1.28 bits per heavy atom. The minimum absolute atomic E-state index is 0.230. The Hall–Kier alpha value is -1.99. The van der Waals surface area contributed by atoms with Crippen LogP contribution < -0.4 is 16.6 Å². The molecular formula is C11H13N5OS. The molecule has 0 aliphatic heterocycles. The summed E-state index contributed by atoms with van der Waals surface area (Å²) >= 11 is 1.39. The molecule has 18 heavy (non-hydrogen) atoms. The smallest absolute Gasteiger partial charge is 0.257 e. The average molecular weight is 263 g/mol. The van der Waals surface area contributed by atoms with Gasteiger partial charge in [-0.05, 0) is 26.0 Å². The van der Waals surface area contributed by atoms with Crippen LogP contribution in [0.2, 0.25) is 0 Å². The van der Waals surface area contributed by atoms with E-state index in [0.717, 1.165) is 5.69 Å². The van der Waals surface area contributed by atoms with Gasteiger partial charge in [-0.2, -0.15) is 0 Å². The fourth-order valence-electron chi connectivity index (χ4n) is 1.45. The molecule has 0 saturated heterocycles. The van der Waals surface area contributed by atoms with Crippen molar-refractivity contribution < 1.29 is 4.79 Å². The molecule has 0 fully saturated rings. The molecule has 2 aromatic rings. The first-order chi connectivity index (χ1) is 8.58. The van der Waals surface area contributed by atoms with Crippen LogP contribution in [-0.4, -0.2) is 15.9 Å². The molecule has 0 aliphatic carbocycles. The fraction of sp³-hybridized carbons (Fsp3) is 0.182. The number of nitrogens with one attached hydrogen (secondary N) is 2. The van der Waals surface area contributed by atoms with Crippen LogP contribution in [0.5, 0.6) is 0 Å². The van der Waals surface area contributed by atoms with Gasteiger partial charge in [-0.3, -0.25) is 10.1 Å². The van der Waals surface area contributed by atoms with Crippen LogP contribution in [0.25, 0.3) is 0 Å². The van der Waals surface area contributed by atoms with Gasteiger partial charge in [-0.25, -0.2) is 15.8 Å². The van der Waals surface area contributed by atoms with Gasteiger partial charge in [0.1, 0.15) is 5.82 Å². The molecule has 2 heterocycles. The van der Waals surface area contributed by atoms with Crippen molar-refractivity contribution in [2.45, 2.75) is 13.8 Å². The zero-order valence-corrected chi connectivity index (χ0v) is 10.8. The van der Waals surface area contributed by atoms with E-state index >= 15 is 0 Å². The van der Waals surface area contributed by atoms with Gasteiger partial charge in [0.05, 0.1) is 5.69 Å². The zero-order valence-electron chi connectivity index (χ0n) is 10.0. The van der Waals surface area contributed by atoms with Crippen LogP contribution in [-0.2, 0) is 0 Å². The van der Waals surface area contributed by atoms with Crippen molar-refractivity contribution >= 4 is 28.2 Å². The molecule has 1 amide bonds. The number of hydrogen-bond donors (Lipinski definition) is 3. The molecule has 2 rings (SSSR count). The van der Waals surface area contributed by atoms with Crippen molar-refractivity contribution in [2.24, 2.45) is 5.84 Å². The molecule has 0 unspecified atom stereocenters. The summed E-state index contributed by atoms with van der Waals surface area (Å²) in [5.41, 5.74) is 4.51. The molecule has 0 bridgehead atoms. The Labute approximate surface area is 108 Å². The lowest BCUT2D eigenvalue weighted by Gasteiger charge is -2.05. The summed E-state index contributed by atoms with van der Waals surface area (Å²) in [7, 11) is 0. The molecule has 0 saturated carbocycles. The van der Waals surface area contributed by atoms with Gasteiger partial charge in [0.2, 0.25) is 0 Å². The van der Waals surface area contributed by atoms with Gasteiger partial charge in [-0.15, -0.1) is 11.3 Å². The molecular weight excluding hydrogens is 250 g/mol. The number of hydrogen-bond acceptors (Lipinski definition) is 6. The standard InChI is InChI=1S/C11H13N5OS/c1-6-3-8(4-9(13-6)16-12)10(17)15-11-14-7(2)5-18-11/h3-5H,12H2,1-2H3,(H,13,16)(H,14,15,17). The molecule has 0 spiro atoms. The predicted octanol–water partition coefficient (Wildman–Crippen LogP) is 1.69. The zero-order chi connectivity index (χ0) is 13.1. The normalized spacial score (nSPS) is 10.2. The van der Waals surface area contributed by atoms with E-state index in [-0.39, 0.29) is 5.91 Å². The SMILES string of the molecule is Cc1cc(C(=O)Nc2nc(C)cs2)cc(NN)n1. The van der Waals surface area contributed by atoms with Crippen LogP contribution in [0.3, 0.4) is 0 Å². The van der Waals surface area contributed by atoms with Gasteiger partial charge >= 0.3 is 0 Å². The number of nitrogens with two attached hydrogens (primary N) is 1. The first kappa shape index (κ1) is 12.5. The van der Waals surface area contributed by atoms with Gasteiger partial charge in [-0.1, -0.05) is 0 Å². The number of nitrogens with zero attached hydrogens (tertiary/aromatic N) is 2. The topological polar surface area (TPSA) is 92.9 Å². The summed E-state index contributed by atoms with van der Waals surface area (Å²) in [6.07, 6.45) is 0. The molecule has 0 aromatic carbocycles. The summed E-state index contributed by atoms with van der Waals surface area (Å²) in [6.45, 7) is 3.67. The average Bonchev–Trinajstić information content (AvgIpc) is 2.73. The van der Waals surface area contributed by atoms with Crippen LogP contribution in [0, 0.1) is 13.8 Å². The summed E-state index contributed by atoms with van der Waals surface area (Å²) in [5, 5.41) is 5.18. The minimum Gasteiger partial charge on any atom is -0.308 e. The molecule has 4 N–H and O–H groups in total. The van der Waals surface area contributed by atoms with Gasteiger partial charge < -0.3 is 5.43 Å². The second-order valence-corrected chi connectivity index (χ2v) is 4.63. The maximum atomic E-state index is 12.0. The quantitative estimate of drug-likeness (QED) is 0.579. The summed E-state index contributed by atoms with van der Waals surface area (Å²) < 4.78 is 0. The van der Waals surface area contributed by atoms with Crippen molar-refractivity contribution in [1.29, 1.82) is 0 Å². The lowest BCUT2D eigenvalue weighted by molar-refractivity contribution is 0.102. The van der Waals surface area contributed by atoms with E-state index in [9.17, 15) is 4.79 Å². The van der Waals surface area contributed by atoms with Crippen molar-refractivity contribution in [1.82, 2.24) is 9.97 Å². The predicted molar refractivity (Wildman–Crippen MR) is 71.6 cm³/mol. The number of aromatic nitrogens is 2. The highest BCUT2D eigenvalue weighted by molar-refractivity contribution is 7.13. The Bertz CT molecular complexity index is 581. The molecule has 0 radical (unpaired) electrons. The summed E-state index contributed by atoms with van der Waals surface area (Å²) in [6, 6.07) is 3.28. The maximum absolute atomic E-state index is 12.0. The summed E-state index contributed by atoms with van der Waals surface area (Å²) in [4.78, 5) is 20.3. The van der Waals surface area contributed by atoms with Crippen molar-refractivity contribution in [3.63, 3.8) is 0 Å². The van der Waals surface area contributed by atoms with Gasteiger partial charge in [0.25, 0.3) is 5.91 Å². The number of pyridine rings is 1. The van der Waals surface area contributed by atoms with E-state index in [0.29, 0.717) is 22.2 Å². The Morgan fingerprint density at radius 2 is 2.06 bits per heavy atom. The van der Waals surface area contributed by atoms with Gasteiger partial charge in [0.15, 0.2) is 5.13 Å².